The number of ether oxygens (including phenoxy) is 2. The molecule has 0 spiro atoms. The zero-order valence-electron chi connectivity index (χ0n) is 48.6. The van der Waals surface area contributed by atoms with Crippen molar-refractivity contribution >= 4 is 76.2 Å². The number of nitro benzene ring substituents is 2. The van der Waals surface area contributed by atoms with Crippen molar-refractivity contribution in [3.63, 3.8) is 0 Å². The number of phenols is 1. The third-order valence-electron chi connectivity index (χ3n) is 14.2. The molecule has 436 valence electrons. The second kappa shape index (κ2) is 30.4. The summed E-state index contributed by atoms with van der Waals surface area (Å²) in [6, 6.07) is 33.1. The molecule has 8 rings (SSSR count). The summed E-state index contributed by atoms with van der Waals surface area (Å²) in [7, 11) is -8.65. The number of non-ortho nitro benzene ring substituents is 2. The Morgan fingerprint density at radius 2 is 1.26 bits per heavy atom. The molecule has 0 bridgehead atoms. The number of rotatable bonds is 24. The van der Waals surface area contributed by atoms with E-state index in [4.69, 9.17) is 16.0 Å². The van der Waals surface area contributed by atoms with Crippen LogP contribution in [0, 0.1) is 33.1 Å². The third kappa shape index (κ3) is 18.0. The largest absolute Gasteiger partial charge is 1.00 e. The number of unbranched alkanes of at least 4 members (excludes halogenated alkanes) is 4. The van der Waals surface area contributed by atoms with E-state index >= 15 is 0 Å². The summed E-state index contributed by atoms with van der Waals surface area (Å²) in [5.74, 6) is -0.239. The van der Waals surface area contributed by atoms with Crippen molar-refractivity contribution in [1.29, 1.82) is 0 Å². The molecule has 0 saturated carbocycles. The fourth-order valence-electron chi connectivity index (χ4n) is 10.4. The zero-order valence-corrected chi connectivity index (χ0v) is 51.3. The summed E-state index contributed by atoms with van der Waals surface area (Å²) in [6.07, 6.45) is 23.6. The van der Waals surface area contributed by atoms with Gasteiger partial charge in [-0.25, -0.2) is 16.8 Å². The van der Waals surface area contributed by atoms with Crippen LogP contribution in [-0.4, -0.2) is 88.4 Å². The van der Waals surface area contributed by atoms with Crippen LogP contribution >= 0.6 is 0 Å². The Kier molecular flexibility index (Phi) is 23.7. The van der Waals surface area contributed by atoms with Gasteiger partial charge in [-0.15, -0.1) is 12.8 Å². The third-order valence-corrected chi connectivity index (χ3v) is 15.8. The summed E-state index contributed by atoms with van der Waals surface area (Å²) < 4.78 is 88.0. The van der Waals surface area contributed by atoms with Crippen LogP contribution in [0.5, 0.6) is 17.2 Å². The van der Waals surface area contributed by atoms with E-state index in [9.17, 15) is 51.0 Å². The predicted molar refractivity (Wildman–Crippen MR) is 322 cm³/mol. The molecule has 2 aliphatic heterocycles. The molecule has 0 atom stereocenters. The maximum absolute atomic E-state index is 12.3. The quantitative estimate of drug-likeness (QED) is 0.00565. The zero-order chi connectivity index (χ0) is 61.2. The monoisotopic (exact) mass is 1190 g/mol. The van der Waals surface area contributed by atoms with Crippen molar-refractivity contribution in [2.24, 2.45) is 0 Å². The fourth-order valence-corrected chi connectivity index (χ4v) is 11.5. The van der Waals surface area contributed by atoms with Crippen LogP contribution in [0.25, 0.3) is 21.5 Å². The Balaban J connectivity index is 0.000000839. The van der Waals surface area contributed by atoms with Gasteiger partial charge in [0.15, 0.2) is 5.71 Å². The summed E-state index contributed by atoms with van der Waals surface area (Å²) in [5, 5.41) is 34.0. The van der Waals surface area contributed by atoms with Crippen LogP contribution in [0.1, 0.15) is 91.6 Å². The molecule has 0 unspecified atom stereocenters. The Bertz CT molecular complexity index is 3800. The molecule has 21 heteroatoms. The summed E-state index contributed by atoms with van der Waals surface area (Å²) in [6.45, 7) is 10.2. The van der Waals surface area contributed by atoms with E-state index in [1.807, 2.05) is 54.6 Å². The molecular weight excluding hydrogens is 1120 g/mol. The van der Waals surface area contributed by atoms with Gasteiger partial charge in [0.2, 0.25) is 5.69 Å². The van der Waals surface area contributed by atoms with E-state index in [-0.39, 0.29) is 77.1 Å². The predicted octanol–water partition coefficient (Wildman–Crippen LogP) is 9.38. The second-order valence-corrected chi connectivity index (χ2v) is 23.8. The minimum Gasteiger partial charge on any atom is -0.748 e. The van der Waals surface area contributed by atoms with Gasteiger partial charge in [0.1, 0.15) is 25.2 Å². The average molecular weight is 1190 g/mol. The summed E-state index contributed by atoms with van der Waals surface area (Å²) in [5.41, 5.74) is 5.49. The van der Waals surface area contributed by atoms with Crippen LogP contribution in [-0.2, 0) is 35.9 Å². The van der Waals surface area contributed by atoms with Gasteiger partial charge in [-0.1, -0.05) is 80.6 Å². The maximum atomic E-state index is 12.3. The second-order valence-electron chi connectivity index (χ2n) is 20.7. The van der Waals surface area contributed by atoms with Crippen molar-refractivity contribution in [2.45, 2.75) is 89.9 Å². The molecule has 2 heterocycles. The fraction of sp³-hybridized carbons (Fsp3) is 0.302. The number of benzene rings is 6. The van der Waals surface area contributed by atoms with Crippen LogP contribution in [0.2, 0.25) is 0 Å². The molecule has 0 saturated heterocycles. The number of hydrogen-bond acceptors (Lipinski definition) is 15. The number of allylic oxidation sites excluding steroid dienone is 8. The van der Waals surface area contributed by atoms with E-state index in [0.29, 0.717) is 51.1 Å². The maximum Gasteiger partial charge on any atom is 1.00 e. The molecule has 0 aliphatic carbocycles. The molecule has 6 aromatic rings. The number of anilines is 1. The molecule has 0 fully saturated rings. The van der Waals surface area contributed by atoms with Gasteiger partial charge < -0.3 is 28.6 Å². The normalized spacial score (nSPS) is 14.8. The van der Waals surface area contributed by atoms with E-state index < -0.39 is 53.0 Å². The first-order chi connectivity index (χ1) is 39.9. The van der Waals surface area contributed by atoms with Gasteiger partial charge in [-0.05, 0) is 134 Å². The van der Waals surface area contributed by atoms with Gasteiger partial charge in [-0.2, -0.15) is 4.58 Å². The number of carbonyl (C=O) groups excluding carboxylic acids is 1. The Morgan fingerprint density at radius 1 is 0.690 bits per heavy atom. The van der Waals surface area contributed by atoms with Crippen molar-refractivity contribution in [1.82, 2.24) is 0 Å². The number of esters is 1. The van der Waals surface area contributed by atoms with E-state index in [1.54, 1.807) is 0 Å². The Labute approximate surface area is 514 Å². The first kappa shape index (κ1) is 65.7. The molecule has 18 nitrogen and oxygen atoms in total. The number of phenolic OH excluding ortho intramolecular Hbond substituents is 1. The van der Waals surface area contributed by atoms with Crippen LogP contribution in [0.15, 0.2) is 163 Å². The van der Waals surface area contributed by atoms with Crippen molar-refractivity contribution < 1.29 is 90.7 Å². The standard InChI is InChI=1S/C55H61N3O11S2.C6H5NO3.C2H2.Na/c1-54(2)49(56(34-14-17-37-70(62,63)64)47-32-25-40-19-12-13-20-45(40)52(47)54)21-9-6-5-7-10-22-50-55(3,4)53-46-39-44(29-24-41(46)26-33-48(53)57(50)35-15-18-38-71(65,66)67)68-36-16-8-11-23-51(59)69-43-30-27-42(28-31-43)58(60)61;8-6-3-1-5(2-4-6)7(9)10;1-2;/h5-7,9-10,12-13,19-22,24-33,39H,8,11,14-18,23,34-38H2,1-4H3,(H-,62,63,64,65,66,67);1-4,8H;1-2H;/q;;;+1/p-1/i;;1D;. The number of hydrogen-bond donors (Lipinski definition) is 1. The number of fused-ring (bicyclic) bond motifs is 6. The minimum absolute atomic E-state index is 0. The number of nitro groups is 2. The van der Waals surface area contributed by atoms with Gasteiger partial charge >= 0.3 is 35.5 Å². The summed E-state index contributed by atoms with van der Waals surface area (Å²) in [4.78, 5) is 34.5. The topological polar surface area (TPSA) is 263 Å². The number of aromatic hydroxyl groups is 1. The molecule has 2 aliphatic rings. The molecule has 6 aromatic carbocycles. The molecule has 0 aromatic heterocycles. The molecule has 0 amide bonds. The number of terminal acetylenes is 1. The smallest absolute Gasteiger partial charge is 0.748 e. The average Bonchev–Trinajstić information content (AvgIpc) is 1.66. The Morgan fingerprint density at radius 3 is 1.92 bits per heavy atom. The van der Waals surface area contributed by atoms with E-state index in [2.05, 4.69) is 98.2 Å². The summed E-state index contributed by atoms with van der Waals surface area (Å²) >= 11 is 0. The van der Waals surface area contributed by atoms with Crippen LogP contribution < -0.4 is 43.9 Å². The van der Waals surface area contributed by atoms with E-state index in [1.165, 1.54) is 60.5 Å². The number of carbonyl (C=O) groups is 1. The van der Waals surface area contributed by atoms with Gasteiger partial charge in [0.05, 0.1) is 42.1 Å². The van der Waals surface area contributed by atoms with Crippen LogP contribution in [0.4, 0.5) is 22.7 Å². The van der Waals surface area contributed by atoms with E-state index in [0.717, 1.165) is 56.3 Å². The molecule has 0 radical (unpaired) electrons. The van der Waals surface area contributed by atoms with Gasteiger partial charge in [0, 0.05) is 89.7 Å². The van der Waals surface area contributed by atoms with Crippen molar-refractivity contribution in [3.8, 4) is 30.1 Å². The Hall–Kier alpha value is -7.48. The van der Waals surface area contributed by atoms with Crippen LogP contribution in [0.3, 0.4) is 0 Å². The van der Waals surface area contributed by atoms with Crippen molar-refractivity contribution in [3.05, 3.63) is 195 Å². The minimum atomic E-state index is -4.35. The number of nitrogens with zero attached hydrogens (tertiary/aromatic N) is 4. The molecular formula is C63H67N4NaO14S2. The van der Waals surface area contributed by atoms with Gasteiger partial charge in [0.25, 0.3) is 11.4 Å². The first-order valence-corrected chi connectivity index (χ1v) is 30.0. The molecule has 84 heavy (non-hydrogen) atoms. The van der Waals surface area contributed by atoms with Crippen molar-refractivity contribution in [2.75, 3.05) is 36.1 Å². The van der Waals surface area contributed by atoms with Gasteiger partial charge in [-0.3, -0.25) is 25.0 Å². The first-order valence-electron chi connectivity index (χ1n) is 27.4. The SMILES string of the molecule is CC1(C)C(=CC=CC=CC=CC2=[N+](CCCCS(=O)(=O)[O-])c3ccc4ccc(OCCCCCC(=O)Oc5ccc([N+](=O)[O-])cc5)cc4c3C2(C)C)N(CCCCS(=O)(=O)[O-])c2ccc3ccccc3c21.O=[N+]([O-])c1ccc(O)cc1.[2H]C#C.[Na+]. The molecule has 1 N–H and O–H groups in total.